The second kappa shape index (κ2) is 8.91. The van der Waals surface area contributed by atoms with Crippen LogP contribution in [0.3, 0.4) is 0 Å². The molecule has 0 atom stereocenters. The minimum Gasteiger partial charge on any atom is -0.457 e. The molecule has 5 heterocycles. The molecule has 0 aliphatic carbocycles. The number of ether oxygens (including phenoxy) is 1. The maximum Gasteiger partial charge on any atom is 0.191 e. The summed E-state index contributed by atoms with van der Waals surface area (Å²) < 4.78 is 16.2. The fraction of sp³-hybridized carbons (Fsp3) is 0.167. The molecule has 206 valence electrons. The van der Waals surface area contributed by atoms with Crippen molar-refractivity contribution in [3.8, 4) is 17.3 Å². The second-order valence-electron chi connectivity index (χ2n) is 12.1. The summed E-state index contributed by atoms with van der Waals surface area (Å²) in [5.41, 5.74) is 7.46. The first-order valence-electron chi connectivity index (χ1n) is 14.1. The van der Waals surface area contributed by atoms with Gasteiger partial charge < -0.3 is 9.15 Å². The molecule has 0 aliphatic heterocycles. The molecule has 0 radical (unpaired) electrons. The van der Waals surface area contributed by atoms with E-state index in [-0.39, 0.29) is 5.41 Å². The van der Waals surface area contributed by atoms with Gasteiger partial charge in [-0.2, -0.15) is 0 Å². The lowest BCUT2D eigenvalue weighted by molar-refractivity contribution is 0.484. The van der Waals surface area contributed by atoms with Crippen molar-refractivity contribution in [2.24, 2.45) is 0 Å². The van der Waals surface area contributed by atoms with Gasteiger partial charge in [0, 0.05) is 39.3 Å². The quantitative estimate of drug-likeness (QED) is 0.213. The zero-order valence-electron chi connectivity index (χ0n) is 24.1. The van der Waals surface area contributed by atoms with Gasteiger partial charge in [0.05, 0.1) is 16.4 Å². The molecule has 0 amide bonds. The van der Waals surface area contributed by atoms with Crippen LogP contribution in [0.2, 0.25) is 0 Å². The molecule has 0 fully saturated rings. The number of benzene rings is 3. The van der Waals surface area contributed by atoms with Gasteiger partial charge in [0.2, 0.25) is 0 Å². The van der Waals surface area contributed by atoms with E-state index in [1.54, 1.807) is 11.3 Å². The highest BCUT2D eigenvalue weighted by Crippen LogP contribution is 2.43. The zero-order chi connectivity index (χ0) is 28.7. The first kappa shape index (κ1) is 25.1. The van der Waals surface area contributed by atoms with Gasteiger partial charge in [0.15, 0.2) is 10.5 Å². The Morgan fingerprint density at radius 3 is 2.38 bits per heavy atom. The Hall–Kier alpha value is -4.68. The highest BCUT2D eigenvalue weighted by atomic mass is 32.1. The Labute approximate surface area is 247 Å². The van der Waals surface area contributed by atoms with Crippen molar-refractivity contribution in [2.75, 3.05) is 0 Å². The monoisotopic (exact) mass is 567 g/mol. The van der Waals surface area contributed by atoms with Crippen molar-refractivity contribution in [3.05, 3.63) is 102 Å². The summed E-state index contributed by atoms with van der Waals surface area (Å²) >= 11 is 1.65. The van der Waals surface area contributed by atoms with Gasteiger partial charge in [-0.25, -0.2) is 4.98 Å². The Kier molecular flexibility index (Phi) is 5.32. The molecule has 6 heteroatoms. The third-order valence-corrected chi connectivity index (χ3v) is 9.30. The van der Waals surface area contributed by atoms with Crippen LogP contribution in [0.1, 0.15) is 37.5 Å². The highest BCUT2D eigenvalue weighted by molar-refractivity contribution is 7.25. The normalized spacial score (nSPS) is 12.4. The fourth-order valence-electron chi connectivity index (χ4n) is 5.76. The van der Waals surface area contributed by atoms with E-state index in [0.717, 1.165) is 65.4 Å². The number of rotatable bonds is 3. The number of hydrogen-bond acceptors (Lipinski definition) is 5. The summed E-state index contributed by atoms with van der Waals surface area (Å²) in [6, 6.07) is 25.3. The summed E-state index contributed by atoms with van der Waals surface area (Å²) in [4.78, 5) is 10.5. The number of nitrogens with zero attached hydrogens (tertiary/aromatic N) is 3. The van der Waals surface area contributed by atoms with Crippen LogP contribution in [0.15, 0.2) is 89.6 Å². The molecule has 8 aromatic rings. The van der Waals surface area contributed by atoms with Crippen molar-refractivity contribution in [2.45, 2.75) is 40.0 Å². The van der Waals surface area contributed by atoms with E-state index < -0.39 is 0 Å². The average molecular weight is 568 g/mol. The number of aryl methyl sites for hydroxylation is 2. The Balaban J connectivity index is 1.25. The molecule has 5 aromatic heterocycles. The smallest absolute Gasteiger partial charge is 0.191 e. The third kappa shape index (κ3) is 3.82. The number of hydrogen-bond donors (Lipinski definition) is 0. The second-order valence-corrected chi connectivity index (χ2v) is 13.1. The maximum atomic E-state index is 6.51. The molecule has 42 heavy (non-hydrogen) atoms. The van der Waals surface area contributed by atoms with E-state index >= 15 is 0 Å². The van der Waals surface area contributed by atoms with E-state index in [4.69, 9.17) is 19.1 Å². The fourth-order valence-corrected chi connectivity index (χ4v) is 6.81. The minimum absolute atomic E-state index is 0.00559. The number of pyridine rings is 2. The molecule has 0 saturated heterocycles. The predicted molar refractivity (Wildman–Crippen MR) is 174 cm³/mol. The standard InChI is InChI=1S/C36H29N3O2S/c1-20-14-32(37-18-21(20)2)39-28-9-7-6-8-25(28)26-12-10-24(17-29(26)39)40-23-11-13-31-27(16-23)33-34-30(41-35(33)42-31)15-22(19-38-34)36(3,4)5/h6-19H,1-5H3. The Morgan fingerprint density at radius 2 is 1.55 bits per heavy atom. The van der Waals surface area contributed by atoms with Crippen LogP contribution in [0.25, 0.3) is 59.1 Å². The van der Waals surface area contributed by atoms with Crippen LogP contribution in [-0.2, 0) is 5.41 Å². The summed E-state index contributed by atoms with van der Waals surface area (Å²) in [6.45, 7) is 10.8. The topological polar surface area (TPSA) is 53.1 Å². The van der Waals surface area contributed by atoms with Crippen LogP contribution in [0.4, 0.5) is 0 Å². The van der Waals surface area contributed by atoms with Crippen LogP contribution in [-0.4, -0.2) is 14.5 Å². The van der Waals surface area contributed by atoms with Crippen LogP contribution >= 0.6 is 11.3 Å². The van der Waals surface area contributed by atoms with E-state index in [1.165, 1.54) is 21.9 Å². The van der Waals surface area contributed by atoms with Crippen molar-refractivity contribution >= 4 is 64.6 Å². The highest BCUT2D eigenvalue weighted by Gasteiger charge is 2.20. The number of para-hydroxylation sites is 1. The largest absolute Gasteiger partial charge is 0.457 e. The maximum absolute atomic E-state index is 6.51. The average Bonchev–Trinajstić information content (AvgIpc) is 3.61. The van der Waals surface area contributed by atoms with E-state index in [0.29, 0.717) is 0 Å². The van der Waals surface area contributed by atoms with Gasteiger partial charge in [0.25, 0.3) is 0 Å². The molecule has 0 spiro atoms. The summed E-state index contributed by atoms with van der Waals surface area (Å²) in [5.74, 6) is 2.44. The van der Waals surface area contributed by atoms with Crippen LogP contribution in [0.5, 0.6) is 11.5 Å². The molecule has 5 nitrogen and oxygen atoms in total. The van der Waals surface area contributed by atoms with E-state index in [1.807, 2.05) is 24.5 Å². The number of aromatic nitrogens is 3. The first-order chi connectivity index (χ1) is 20.2. The van der Waals surface area contributed by atoms with Gasteiger partial charge in [-0.05, 0) is 84.5 Å². The SMILES string of the molecule is Cc1cnc(-n2c3ccccc3c3ccc(Oc4ccc5sc6oc7cc(C(C)(C)C)cnc7c6c5c4)cc32)cc1C. The number of furan rings is 1. The lowest BCUT2D eigenvalue weighted by Gasteiger charge is -2.17. The summed E-state index contributed by atoms with van der Waals surface area (Å²) in [6.07, 6.45) is 3.92. The molecule has 0 saturated carbocycles. The molecule has 8 rings (SSSR count). The molecular weight excluding hydrogens is 538 g/mol. The molecule has 0 N–H and O–H groups in total. The summed E-state index contributed by atoms with van der Waals surface area (Å²) in [5, 5.41) is 4.50. The molecule has 3 aromatic carbocycles. The van der Waals surface area contributed by atoms with Crippen molar-refractivity contribution in [3.63, 3.8) is 0 Å². The van der Waals surface area contributed by atoms with Gasteiger partial charge in [-0.15, -0.1) is 0 Å². The Bertz CT molecular complexity index is 2350. The molecule has 0 bridgehead atoms. The van der Waals surface area contributed by atoms with Crippen molar-refractivity contribution in [1.29, 1.82) is 0 Å². The van der Waals surface area contributed by atoms with E-state index in [2.05, 4.69) is 99.8 Å². The van der Waals surface area contributed by atoms with Crippen molar-refractivity contribution < 1.29 is 9.15 Å². The van der Waals surface area contributed by atoms with Crippen LogP contribution in [0, 0.1) is 13.8 Å². The third-order valence-electron chi connectivity index (χ3n) is 8.25. The van der Waals surface area contributed by atoms with Gasteiger partial charge in [-0.3, -0.25) is 9.55 Å². The van der Waals surface area contributed by atoms with E-state index in [9.17, 15) is 0 Å². The Morgan fingerprint density at radius 1 is 0.762 bits per heavy atom. The lowest BCUT2D eigenvalue weighted by atomic mass is 9.88. The molecule has 0 unspecified atom stereocenters. The van der Waals surface area contributed by atoms with Gasteiger partial charge in [-0.1, -0.05) is 50.3 Å². The van der Waals surface area contributed by atoms with Gasteiger partial charge >= 0.3 is 0 Å². The van der Waals surface area contributed by atoms with Gasteiger partial charge in [0.1, 0.15) is 22.8 Å². The molecular formula is C36H29N3O2S. The van der Waals surface area contributed by atoms with Crippen molar-refractivity contribution in [1.82, 2.24) is 14.5 Å². The minimum atomic E-state index is 0.00559. The molecule has 0 aliphatic rings. The lowest BCUT2D eigenvalue weighted by Crippen LogP contribution is -2.10. The predicted octanol–water partition coefficient (Wildman–Crippen LogP) is 10.4. The zero-order valence-corrected chi connectivity index (χ0v) is 25.0. The summed E-state index contributed by atoms with van der Waals surface area (Å²) in [7, 11) is 0. The number of fused-ring (bicyclic) bond motifs is 8. The van der Waals surface area contributed by atoms with Crippen LogP contribution < -0.4 is 4.74 Å². The first-order valence-corrected chi connectivity index (χ1v) is 15.0. The number of thiophene rings is 1.